The predicted molar refractivity (Wildman–Crippen MR) is 74.6 cm³/mol. The summed E-state index contributed by atoms with van der Waals surface area (Å²) in [6.45, 7) is 4.60. The van der Waals surface area contributed by atoms with Crippen LogP contribution in [0.1, 0.15) is 13.8 Å². The molecule has 0 radical (unpaired) electrons. The first-order valence-electron chi connectivity index (χ1n) is 5.47. The van der Waals surface area contributed by atoms with Gasteiger partial charge in [0, 0.05) is 11.3 Å². The van der Waals surface area contributed by atoms with E-state index >= 15 is 0 Å². The molecule has 2 rings (SSSR count). The highest BCUT2D eigenvalue weighted by molar-refractivity contribution is 7.99. The number of halogens is 2. The molecule has 98 valence electrons. The van der Waals surface area contributed by atoms with Crippen molar-refractivity contribution in [2.24, 2.45) is 0 Å². The first kappa shape index (κ1) is 13.5. The quantitative estimate of drug-likeness (QED) is 0.858. The lowest BCUT2D eigenvalue weighted by Crippen LogP contribution is -2.22. The number of thioether (sulfide) groups is 1. The normalized spacial score (nSPS) is 12.3. The molecule has 1 aromatic carbocycles. The van der Waals surface area contributed by atoms with Crippen LogP contribution < -0.4 is 0 Å². The van der Waals surface area contributed by atoms with Crippen LogP contribution in [-0.2, 0) is 6.54 Å². The molecule has 18 heavy (non-hydrogen) atoms. The van der Waals surface area contributed by atoms with Crippen molar-refractivity contribution in [2.75, 3.05) is 6.26 Å². The van der Waals surface area contributed by atoms with Gasteiger partial charge in [-0.25, -0.2) is 8.78 Å². The summed E-state index contributed by atoms with van der Waals surface area (Å²) in [4.78, 5) is 2.90. The van der Waals surface area contributed by atoms with Gasteiger partial charge in [-0.3, -0.25) is 0 Å². The van der Waals surface area contributed by atoms with Crippen LogP contribution in [0.4, 0.5) is 8.78 Å². The maximum Gasteiger partial charge on any atom is 0.184 e. The van der Waals surface area contributed by atoms with Crippen molar-refractivity contribution in [3.63, 3.8) is 0 Å². The largest absolute Gasteiger partial charge is 0.330 e. The van der Waals surface area contributed by atoms with Crippen LogP contribution in [0.3, 0.4) is 0 Å². The minimum Gasteiger partial charge on any atom is -0.330 e. The number of nitrogens with zero attached hydrogens (tertiary/aromatic N) is 1. The molecule has 0 aliphatic rings. The smallest absolute Gasteiger partial charge is 0.184 e. The van der Waals surface area contributed by atoms with E-state index < -0.39 is 11.6 Å². The van der Waals surface area contributed by atoms with E-state index in [2.05, 4.69) is 4.98 Å². The van der Waals surface area contributed by atoms with E-state index in [0.29, 0.717) is 16.8 Å². The predicted octanol–water partition coefficient (Wildman–Crippen LogP) is 4.12. The van der Waals surface area contributed by atoms with Crippen LogP contribution in [0.5, 0.6) is 0 Å². The number of benzene rings is 1. The fraction of sp³-hybridized carbons (Fsp3) is 0.417. The summed E-state index contributed by atoms with van der Waals surface area (Å²) in [7, 11) is 0. The number of hydrogen-bond donors (Lipinski definition) is 1. The average molecular weight is 288 g/mol. The van der Waals surface area contributed by atoms with E-state index in [1.807, 2.05) is 20.1 Å². The Morgan fingerprint density at radius 2 is 2.06 bits per heavy atom. The number of aromatic nitrogens is 2. The average Bonchev–Trinajstić information content (AvgIpc) is 2.61. The second kappa shape index (κ2) is 4.66. The topological polar surface area (TPSA) is 20.7 Å². The second-order valence-electron chi connectivity index (χ2n) is 4.74. The lowest BCUT2D eigenvalue weighted by molar-refractivity contribution is 0.505. The number of aromatic amines is 1. The molecule has 1 heterocycles. The third-order valence-corrected chi connectivity index (χ3v) is 4.47. The molecule has 1 N–H and O–H groups in total. The van der Waals surface area contributed by atoms with E-state index in [-0.39, 0.29) is 10.3 Å². The van der Waals surface area contributed by atoms with Crippen LogP contribution in [0.15, 0.2) is 12.1 Å². The molecular formula is C12H14F2N2S2. The van der Waals surface area contributed by atoms with Crippen molar-refractivity contribution in [2.45, 2.75) is 25.1 Å². The van der Waals surface area contributed by atoms with Crippen molar-refractivity contribution in [1.29, 1.82) is 0 Å². The third-order valence-electron chi connectivity index (χ3n) is 2.92. The first-order valence-corrected chi connectivity index (χ1v) is 7.11. The Bertz CT molecular complexity index is 643. The number of fused-ring (bicyclic) bond motifs is 1. The molecule has 2 nitrogen and oxygen atoms in total. The van der Waals surface area contributed by atoms with Crippen molar-refractivity contribution in [3.05, 3.63) is 28.5 Å². The van der Waals surface area contributed by atoms with Gasteiger partial charge in [0.15, 0.2) is 16.4 Å². The standard InChI is InChI=1S/C12H14F2N2S2/c1-12(2,18-3)6-16-10-8(15-11(16)17)5-4-7(13)9(10)14/h4-5H,6H2,1-3H3,(H,15,17). The highest BCUT2D eigenvalue weighted by Crippen LogP contribution is 2.27. The molecule has 0 atom stereocenters. The zero-order valence-corrected chi connectivity index (χ0v) is 12.0. The fourth-order valence-electron chi connectivity index (χ4n) is 1.79. The van der Waals surface area contributed by atoms with Crippen molar-refractivity contribution < 1.29 is 8.78 Å². The van der Waals surface area contributed by atoms with Crippen molar-refractivity contribution in [1.82, 2.24) is 9.55 Å². The molecular weight excluding hydrogens is 274 g/mol. The van der Waals surface area contributed by atoms with Crippen molar-refractivity contribution in [3.8, 4) is 0 Å². The highest BCUT2D eigenvalue weighted by atomic mass is 32.2. The Labute approximate surface area is 113 Å². The van der Waals surface area contributed by atoms with E-state index in [0.717, 1.165) is 6.07 Å². The summed E-state index contributed by atoms with van der Waals surface area (Å²) in [6.07, 6.45) is 1.98. The number of H-pyrrole nitrogens is 1. The Balaban J connectivity index is 2.67. The molecule has 0 saturated carbocycles. The second-order valence-corrected chi connectivity index (χ2v) is 6.64. The maximum atomic E-state index is 13.9. The first-order chi connectivity index (χ1) is 8.35. The summed E-state index contributed by atoms with van der Waals surface area (Å²) >= 11 is 6.84. The van der Waals surface area contributed by atoms with Crippen LogP contribution in [0, 0.1) is 16.4 Å². The Morgan fingerprint density at radius 3 is 2.67 bits per heavy atom. The van der Waals surface area contributed by atoms with Gasteiger partial charge in [0.05, 0.1) is 5.52 Å². The molecule has 0 aliphatic heterocycles. The summed E-state index contributed by atoms with van der Waals surface area (Å²) in [5, 5.41) is 0. The summed E-state index contributed by atoms with van der Waals surface area (Å²) in [5.41, 5.74) is 0.734. The van der Waals surface area contributed by atoms with E-state index in [1.165, 1.54) is 6.07 Å². The molecule has 0 saturated heterocycles. The van der Waals surface area contributed by atoms with Crippen LogP contribution in [-0.4, -0.2) is 20.6 Å². The molecule has 0 amide bonds. The van der Waals surface area contributed by atoms with Gasteiger partial charge in [0.1, 0.15) is 5.52 Å². The molecule has 0 aliphatic carbocycles. The van der Waals surface area contributed by atoms with Gasteiger partial charge in [-0.15, -0.1) is 0 Å². The molecule has 1 aromatic heterocycles. The number of rotatable bonds is 3. The molecule has 0 unspecified atom stereocenters. The van der Waals surface area contributed by atoms with Crippen molar-refractivity contribution >= 4 is 35.0 Å². The Hall–Kier alpha value is -0.880. The van der Waals surface area contributed by atoms with Crippen LogP contribution in [0.25, 0.3) is 11.0 Å². The minimum absolute atomic E-state index is 0.105. The van der Waals surface area contributed by atoms with E-state index in [4.69, 9.17) is 12.2 Å². The molecule has 6 heteroatoms. The van der Waals surface area contributed by atoms with Gasteiger partial charge < -0.3 is 9.55 Å². The van der Waals surface area contributed by atoms with Crippen LogP contribution >= 0.6 is 24.0 Å². The summed E-state index contributed by atoms with van der Waals surface area (Å²) < 4.78 is 29.1. The lowest BCUT2D eigenvalue weighted by atomic mass is 10.2. The summed E-state index contributed by atoms with van der Waals surface area (Å²) in [5.74, 6) is -1.70. The van der Waals surface area contributed by atoms with E-state index in [9.17, 15) is 8.78 Å². The molecule has 0 spiro atoms. The number of hydrogen-bond acceptors (Lipinski definition) is 2. The zero-order valence-electron chi connectivity index (χ0n) is 10.4. The lowest BCUT2D eigenvalue weighted by Gasteiger charge is -2.22. The Morgan fingerprint density at radius 1 is 1.39 bits per heavy atom. The maximum absolute atomic E-state index is 13.9. The number of imidazole rings is 1. The van der Waals surface area contributed by atoms with Gasteiger partial charge in [-0.2, -0.15) is 11.8 Å². The van der Waals surface area contributed by atoms with Gasteiger partial charge >= 0.3 is 0 Å². The monoisotopic (exact) mass is 288 g/mol. The molecule has 0 bridgehead atoms. The number of nitrogens with one attached hydrogen (secondary N) is 1. The Kier molecular flexibility index (Phi) is 3.51. The molecule has 0 fully saturated rings. The third kappa shape index (κ3) is 2.31. The minimum atomic E-state index is -0.854. The van der Waals surface area contributed by atoms with E-state index in [1.54, 1.807) is 16.3 Å². The highest BCUT2D eigenvalue weighted by Gasteiger charge is 2.21. The van der Waals surface area contributed by atoms with Crippen LogP contribution in [0.2, 0.25) is 0 Å². The summed E-state index contributed by atoms with van der Waals surface area (Å²) in [6, 6.07) is 2.61. The van der Waals surface area contributed by atoms with Gasteiger partial charge in [-0.05, 0) is 44.5 Å². The van der Waals surface area contributed by atoms with Gasteiger partial charge in [0.25, 0.3) is 0 Å². The molecule has 2 aromatic rings. The van der Waals surface area contributed by atoms with Gasteiger partial charge in [-0.1, -0.05) is 0 Å². The zero-order chi connectivity index (χ0) is 13.5. The van der Waals surface area contributed by atoms with Gasteiger partial charge in [0.2, 0.25) is 0 Å². The fourth-order valence-corrected chi connectivity index (χ4v) is 2.31. The SMILES string of the molecule is CSC(C)(C)Cn1c(=S)[nH]c2ccc(F)c(F)c21.